The average molecular weight is 746 g/mol. The lowest BCUT2D eigenvalue weighted by Crippen LogP contribution is -2.35. The topological polar surface area (TPSA) is 146 Å². The molecule has 0 fully saturated rings. The summed E-state index contributed by atoms with van der Waals surface area (Å²) in [4.78, 5) is 23.5. The predicted molar refractivity (Wildman–Crippen MR) is 215 cm³/mol. The lowest BCUT2D eigenvalue weighted by atomic mass is 9.91. The lowest BCUT2D eigenvalue weighted by Gasteiger charge is -2.31. The first-order valence-corrected chi connectivity index (χ1v) is 20.0. The number of allylic oxidation sites excluding steroid dienone is 9. The molecule has 0 saturated carbocycles. The molecular formula is C43H59N3O6S. The first kappa shape index (κ1) is 41.9. The van der Waals surface area contributed by atoms with Crippen LogP contribution in [0.1, 0.15) is 77.0 Å². The van der Waals surface area contributed by atoms with Crippen molar-refractivity contribution in [1.29, 1.82) is 0 Å². The van der Waals surface area contributed by atoms with E-state index in [0.717, 1.165) is 86.1 Å². The van der Waals surface area contributed by atoms with Gasteiger partial charge < -0.3 is 36.1 Å². The third-order valence-electron chi connectivity index (χ3n) is 9.78. The molecule has 6 atom stereocenters. The van der Waals surface area contributed by atoms with Crippen LogP contribution in [0.2, 0.25) is 0 Å². The van der Waals surface area contributed by atoms with Crippen LogP contribution in [-0.2, 0) is 23.8 Å². The van der Waals surface area contributed by atoms with Gasteiger partial charge in [-0.15, -0.1) is 0 Å². The number of ether oxygens (including phenoxy) is 3. The van der Waals surface area contributed by atoms with Crippen LogP contribution in [0.15, 0.2) is 119 Å². The number of aliphatic hydroxyl groups excluding tert-OH is 1. The second kappa shape index (κ2) is 23.1. The molecular weight excluding hydrogens is 687 g/mol. The molecule has 0 spiro atoms. The number of hydrogen-bond donors (Lipinski definition) is 4. The van der Waals surface area contributed by atoms with Gasteiger partial charge in [-0.25, -0.2) is 0 Å². The highest BCUT2D eigenvalue weighted by Crippen LogP contribution is 2.34. The predicted octanol–water partition coefficient (Wildman–Crippen LogP) is 7.47. The van der Waals surface area contributed by atoms with E-state index in [-0.39, 0.29) is 48.3 Å². The van der Waals surface area contributed by atoms with Crippen molar-refractivity contribution in [2.75, 3.05) is 19.5 Å². The SMILES string of the molecule is C=C(O/C(=C(\N)C1C=CC=CC1)C1C=CC=CC1)SCCCC(O[C@@H](OC)C1C=CC(CO)=CC1)C1=CCC(NC(=O)CCCCCCC(N)=O)C=C1. The second-order valence-corrected chi connectivity index (χ2v) is 15.0. The van der Waals surface area contributed by atoms with Crippen molar-refractivity contribution in [2.45, 2.75) is 95.5 Å². The molecule has 4 aliphatic carbocycles. The van der Waals surface area contributed by atoms with E-state index in [1.165, 1.54) is 0 Å². The smallest absolute Gasteiger partial charge is 0.220 e. The Morgan fingerprint density at radius 3 is 2.25 bits per heavy atom. The fourth-order valence-corrected chi connectivity index (χ4v) is 7.42. The maximum atomic E-state index is 12.6. The zero-order valence-electron chi connectivity index (χ0n) is 31.2. The van der Waals surface area contributed by atoms with E-state index in [1.807, 2.05) is 42.5 Å². The largest absolute Gasteiger partial charge is 0.453 e. The summed E-state index contributed by atoms with van der Waals surface area (Å²) in [5, 5.41) is 13.3. The van der Waals surface area contributed by atoms with Crippen LogP contribution in [-0.4, -0.2) is 54.8 Å². The Kier molecular flexibility index (Phi) is 18.2. The van der Waals surface area contributed by atoms with Crippen molar-refractivity contribution >= 4 is 23.6 Å². The van der Waals surface area contributed by atoms with E-state index in [9.17, 15) is 14.7 Å². The minimum absolute atomic E-state index is 0.0105. The molecule has 0 saturated heterocycles. The Morgan fingerprint density at radius 1 is 0.906 bits per heavy atom. The molecule has 0 aromatic heterocycles. The van der Waals surface area contributed by atoms with Crippen molar-refractivity contribution in [2.24, 2.45) is 29.2 Å². The van der Waals surface area contributed by atoms with Crippen LogP contribution in [0.4, 0.5) is 0 Å². The number of hydrogen-bond acceptors (Lipinski definition) is 8. The van der Waals surface area contributed by atoms with Crippen molar-refractivity contribution in [1.82, 2.24) is 5.32 Å². The summed E-state index contributed by atoms with van der Waals surface area (Å²) in [6, 6.07) is -0.0800. The highest BCUT2D eigenvalue weighted by molar-refractivity contribution is 8.02. The van der Waals surface area contributed by atoms with Gasteiger partial charge in [-0.05, 0) is 69.1 Å². The number of methoxy groups -OCH3 is 1. The maximum Gasteiger partial charge on any atom is 0.220 e. The third kappa shape index (κ3) is 14.5. The summed E-state index contributed by atoms with van der Waals surface area (Å²) >= 11 is 1.58. The number of carbonyl (C=O) groups is 2. The maximum absolute atomic E-state index is 12.6. The Hall–Kier alpha value is -3.83. The lowest BCUT2D eigenvalue weighted by molar-refractivity contribution is -0.167. The number of nitrogens with two attached hydrogens (primary N) is 2. The van der Waals surface area contributed by atoms with Crippen molar-refractivity contribution in [3.05, 3.63) is 119 Å². The number of carbonyl (C=O) groups excluding carboxylic acids is 2. The van der Waals surface area contributed by atoms with Crippen LogP contribution in [0.25, 0.3) is 0 Å². The van der Waals surface area contributed by atoms with Gasteiger partial charge in [0.15, 0.2) is 11.4 Å². The number of rotatable bonds is 23. The molecule has 0 bridgehead atoms. The molecule has 0 heterocycles. The second-order valence-electron chi connectivity index (χ2n) is 13.9. The number of unbranched alkanes of at least 4 members (excludes halogenated alkanes) is 3. The average Bonchev–Trinajstić information content (AvgIpc) is 3.18. The first-order valence-electron chi connectivity index (χ1n) is 19.0. The first-order chi connectivity index (χ1) is 25.8. The number of nitrogens with one attached hydrogen (secondary N) is 1. The van der Waals surface area contributed by atoms with E-state index < -0.39 is 6.29 Å². The van der Waals surface area contributed by atoms with Crippen molar-refractivity contribution < 1.29 is 28.9 Å². The van der Waals surface area contributed by atoms with Gasteiger partial charge in [0.25, 0.3) is 0 Å². The summed E-state index contributed by atoms with van der Waals surface area (Å²) in [6.07, 6.45) is 37.1. The molecule has 2 amide bonds. The quantitative estimate of drug-likeness (QED) is 0.0479. The molecule has 0 radical (unpaired) electrons. The van der Waals surface area contributed by atoms with Gasteiger partial charge in [0.05, 0.1) is 24.4 Å². The van der Waals surface area contributed by atoms with Gasteiger partial charge >= 0.3 is 0 Å². The fourth-order valence-electron chi connectivity index (χ4n) is 6.73. The standard InChI is InChI=1S/C43H59N3O6S/c1-31(51-42(35-16-9-6-10-17-35)41(45)34-14-7-5-8-15-34)53-29-13-18-38(52-43(50-2)36-23-21-32(30-47)22-24-36)33-25-27-37(28-26-33)46-40(49)20-12-4-3-11-19-39(44)48/h5-10,14,16,21-23,25-27,34-38,43,47H,1,3-4,11-13,15,17-20,24,28-30,45H2,2H3,(H2,44,48)(H,46,49)/b42-41-/t34?,35?,36?,37?,38?,43-/m1/s1. The molecule has 6 N–H and O–H groups in total. The minimum Gasteiger partial charge on any atom is -0.453 e. The van der Waals surface area contributed by atoms with E-state index >= 15 is 0 Å². The minimum atomic E-state index is -0.467. The van der Waals surface area contributed by atoms with Gasteiger partial charge in [0.2, 0.25) is 11.8 Å². The van der Waals surface area contributed by atoms with E-state index in [1.54, 1.807) is 18.9 Å². The Morgan fingerprint density at radius 2 is 1.64 bits per heavy atom. The molecule has 4 rings (SSSR count). The summed E-state index contributed by atoms with van der Waals surface area (Å²) in [5.41, 5.74) is 14.6. The van der Waals surface area contributed by atoms with Crippen molar-refractivity contribution in [3.63, 3.8) is 0 Å². The molecule has 9 nitrogen and oxygen atoms in total. The number of aliphatic hydroxyl groups is 1. The van der Waals surface area contributed by atoms with Gasteiger partial charge in [-0.2, -0.15) is 0 Å². The van der Waals surface area contributed by atoms with Crippen LogP contribution in [0.5, 0.6) is 0 Å². The molecule has 0 aromatic rings. The molecule has 4 aliphatic rings. The highest BCUT2D eigenvalue weighted by atomic mass is 32.2. The summed E-state index contributed by atoms with van der Waals surface area (Å²) in [7, 11) is 1.67. The molecule has 288 valence electrons. The van der Waals surface area contributed by atoms with E-state index in [0.29, 0.717) is 24.4 Å². The Labute approximate surface area is 320 Å². The van der Waals surface area contributed by atoms with Gasteiger partial charge in [-0.3, -0.25) is 9.59 Å². The van der Waals surface area contributed by atoms with Crippen LogP contribution < -0.4 is 16.8 Å². The van der Waals surface area contributed by atoms with Gasteiger partial charge in [-0.1, -0.05) is 110 Å². The zero-order valence-corrected chi connectivity index (χ0v) is 32.0. The number of primary amides is 1. The van der Waals surface area contributed by atoms with Crippen LogP contribution >= 0.6 is 11.8 Å². The molecule has 5 unspecified atom stereocenters. The molecule has 10 heteroatoms. The monoisotopic (exact) mass is 745 g/mol. The van der Waals surface area contributed by atoms with E-state index in [4.69, 9.17) is 25.7 Å². The number of thioether (sulfide) groups is 1. The summed E-state index contributed by atoms with van der Waals surface area (Å²) in [6.45, 7) is 4.26. The third-order valence-corrected chi connectivity index (χ3v) is 10.7. The normalized spacial score (nSPS) is 23.5. The van der Waals surface area contributed by atoms with Crippen LogP contribution in [0, 0.1) is 17.8 Å². The highest BCUT2D eigenvalue weighted by Gasteiger charge is 2.28. The Bertz CT molecular complexity index is 1520. The number of amides is 2. The summed E-state index contributed by atoms with van der Waals surface area (Å²) in [5.74, 6) is 1.48. The fraction of sp³-hybridized carbons (Fsp3) is 0.488. The molecule has 53 heavy (non-hydrogen) atoms. The zero-order chi connectivity index (χ0) is 37.8. The Balaban J connectivity index is 1.33. The molecule has 0 aromatic carbocycles. The van der Waals surface area contributed by atoms with Gasteiger partial charge in [0.1, 0.15) is 5.76 Å². The van der Waals surface area contributed by atoms with Gasteiger partial charge in [0, 0.05) is 43.5 Å². The van der Waals surface area contributed by atoms with Crippen LogP contribution in [0.3, 0.4) is 0 Å². The van der Waals surface area contributed by atoms with E-state index in [2.05, 4.69) is 54.4 Å². The molecule has 0 aliphatic heterocycles. The summed E-state index contributed by atoms with van der Waals surface area (Å²) < 4.78 is 19.0. The van der Waals surface area contributed by atoms with Crippen molar-refractivity contribution in [3.8, 4) is 0 Å².